The molecule has 0 aliphatic heterocycles. The first-order chi connectivity index (χ1) is 9.01. The first kappa shape index (κ1) is 14.1. The van der Waals surface area contributed by atoms with Crippen molar-refractivity contribution in [3.8, 4) is 0 Å². The van der Waals surface area contributed by atoms with E-state index >= 15 is 0 Å². The van der Waals surface area contributed by atoms with Crippen molar-refractivity contribution in [1.82, 2.24) is 0 Å². The van der Waals surface area contributed by atoms with Gasteiger partial charge in [0.2, 0.25) is 0 Å². The van der Waals surface area contributed by atoms with Gasteiger partial charge in [0.15, 0.2) is 0 Å². The number of rotatable bonds is 4. The van der Waals surface area contributed by atoms with E-state index in [9.17, 15) is 10.1 Å². The van der Waals surface area contributed by atoms with Gasteiger partial charge < -0.3 is 10.4 Å². The van der Waals surface area contributed by atoms with Crippen LogP contribution in [0.3, 0.4) is 0 Å². The van der Waals surface area contributed by atoms with Crippen LogP contribution in [0.4, 0.5) is 11.4 Å². The van der Waals surface area contributed by atoms with E-state index < -0.39 is 4.92 Å². The second-order valence-electron chi connectivity index (χ2n) is 4.35. The SMILES string of the molecule is O=[N+]([O-])c1cc(Cl)c(NC2C=CC(CO)C2)cc1Cl. The minimum atomic E-state index is -0.574. The van der Waals surface area contributed by atoms with Crippen LogP contribution in [-0.4, -0.2) is 22.7 Å². The van der Waals surface area contributed by atoms with E-state index in [0.29, 0.717) is 5.69 Å². The molecule has 0 spiro atoms. The van der Waals surface area contributed by atoms with E-state index in [4.69, 9.17) is 28.3 Å². The second kappa shape index (κ2) is 5.77. The summed E-state index contributed by atoms with van der Waals surface area (Å²) in [5, 5.41) is 23.2. The molecule has 1 aromatic carbocycles. The molecule has 0 amide bonds. The maximum absolute atomic E-state index is 10.7. The molecular weight excluding hydrogens is 291 g/mol. The second-order valence-corrected chi connectivity index (χ2v) is 5.17. The lowest BCUT2D eigenvalue weighted by atomic mass is 10.1. The van der Waals surface area contributed by atoms with Crippen LogP contribution < -0.4 is 5.32 Å². The van der Waals surface area contributed by atoms with Crippen molar-refractivity contribution >= 4 is 34.6 Å². The van der Waals surface area contributed by atoms with Crippen LogP contribution >= 0.6 is 23.2 Å². The summed E-state index contributed by atoms with van der Waals surface area (Å²) >= 11 is 11.8. The zero-order valence-corrected chi connectivity index (χ0v) is 11.4. The van der Waals surface area contributed by atoms with Crippen LogP contribution in [0.2, 0.25) is 10.0 Å². The third-order valence-corrected chi connectivity index (χ3v) is 3.60. The quantitative estimate of drug-likeness (QED) is 0.508. The van der Waals surface area contributed by atoms with Crippen molar-refractivity contribution in [1.29, 1.82) is 0 Å². The van der Waals surface area contributed by atoms with Crippen molar-refractivity contribution in [2.24, 2.45) is 5.92 Å². The van der Waals surface area contributed by atoms with Gasteiger partial charge in [0.25, 0.3) is 5.69 Å². The lowest BCUT2D eigenvalue weighted by molar-refractivity contribution is -0.384. The van der Waals surface area contributed by atoms with Gasteiger partial charge in [-0.25, -0.2) is 0 Å². The Labute approximate surface area is 120 Å². The van der Waals surface area contributed by atoms with Crippen molar-refractivity contribution in [2.75, 3.05) is 11.9 Å². The molecular formula is C12H12Cl2N2O3. The largest absolute Gasteiger partial charge is 0.396 e. The summed E-state index contributed by atoms with van der Waals surface area (Å²) in [6.07, 6.45) is 4.62. The molecule has 102 valence electrons. The van der Waals surface area contributed by atoms with Gasteiger partial charge >= 0.3 is 0 Å². The summed E-state index contributed by atoms with van der Waals surface area (Å²) in [5.41, 5.74) is 0.331. The lowest BCUT2D eigenvalue weighted by Crippen LogP contribution is -2.16. The number of aliphatic hydroxyl groups is 1. The third-order valence-electron chi connectivity index (χ3n) is 2.98. The summed E-state index contributed by atoms with van der Waals surface area (Å²) in [4.78, 5) is 10.1. The number of nitrogens with one attached hydrogen (secondary N) is 1. The number of halogens is 2. The van der Waals surface area contributed by atoms with Gasteiger partial charge in [0, 0.05) is 24.6 Å². The molecule has 2 N–H and O–H groups in total. The van der Waals surface area contributed by atoms with Crippen molar-refractivity contribution in [3.63, 3.8) is 0 Å². The molecule has 1 aliphatic rings. The van der Waals surface area contributed by atoms with Gasteiger partial charge in [-0.2, -0.15) is 0 Å². The Bertz CT molecular complexity index is 534. The number of aliphatic hydroxyl groups excluding tert-OH is 1. The molecule has 5 nitrogen and oxygen atoms in total. The predicted octanol–water partition coefficient (Wildman–Crippen LogP) is 3.25. The number of hydrogen-bond donors (Lipinski definition) is 2. The Balaban J connectivity index is 2.16. The van der Waals surface area contributed by atoms with E-state index in [-0.39, 0.29) is 34.3 Å². The molecule has 0 radical (unpaired) electrons. The first-order valence-corrected chi connectivity index (χ1v) is 6.46. The fourth-order valence-corrected chi connectivity index (χ4v) is 2.45. The lowest BCUT2D eigenvalue weighted by Gasteiger charge is -2.15. The van der Waals surface area contributed by atoms with Crippen molar-refractivity contribution < 1.29 is 10.0 Å². The summed E-state index contributed by atoms with van der Waals surface area (Å²) in [6.45, 7) is 0.101. The maximum atomic E-state index is 10.7. The number of nitro groups is 1. The summed E-state index contributed by atoms with van der Waals surface area (Å²) in [6, 6.07) is 2.71. The highest BCUT2D eigenvalue weighted by Gasteiger charge is 2.21. The van der Waals surface area contributed by atoms with E-state index in [1.807, 2.05) is 12.2 Å². The van der Waals surface area contributed by atoms with Gasteiger partial charge in [0.1, 0.15) is 5.02 Å². The Hall–Kier alpha value is -1.30. The summed E-state index contributed by atoms with van der Waals surface area (Å²) in [5.74, 6) is 0.129. The van der Waals surface area contributed by atoms with Crippen molar-refractivity contribution in [3.05, 3.63) is 44.4 Å². The highest BCUT2D eigenvalue weighted by molar-refractivity contribution is 6.36. The first-order valence-electron chi connectivity index (χ1n) is 5.70. The molecule has 1 aliphatic carbocycles. The highest BCUT2D eigenvalue weighted by atomic mass is 35.5. The van der Waals surface area contributed by atoms with Crippen LogP contribution in [0.1, 0.15) is 6.42 Å². The molecule has 1 aromatic rings. The molecule has 0 fully saturated rings. The van der Waals surface area contributed by atoms with Gasteiger partial charge in [-0.05, 0) is 12.5 Å². The molecule has 0 saturated heterocycles. The number of nitrogens with zero attached hydrogens (tertiary/aromatic N) is 1. The van der Waals surface area contributed by atoms with Crippen LogP contribution in [0, 0.1) is 16.0 Å². The third kappa shape index (κ3) is 3.18. The number of anilines is 1. The topological polar surface area (TPSA) is 75.4 Å². The fraction of sp³-hybridized carbons (Fsp3) is 0.333. The Morgan fingerprint density at radius 3 is 2.68 bits per heavy atom. The molecule has 19 heavy (non-hydrogen) atoms. The van der Waals surface area contributed by atoms with Gasteiger partial charge in [-0.1, -0.05) is 35.4 Å². The Morgan fingerprint density at radius 1 is 1.37 bits per heavy atom. The minimum Gasteiger partial charge on any atom is -0.396 e. The van der Waals surface area contributed by atoms with Crippen LogP contribution in [0.5, 0.6) is 0 Å². The molecule has 2 atom stereocenters. The normalized spacial score (nSPS) is 21.6. The monoisotopic (exact) mass is 302 g/mol. The van der Waals surface area contributed by atoms with Crippen molar-refractivity contribution in [2.45, 2.75) is 12.5 Å². The van der Waals surface area contributed by atoms with Gasteiger partial charge in [0.05, 0.1) is 15.6 Å². The van der Waals surface area contributed by atoms with Crippen LogP contribution in [0.25, 0.3) is 0 Å². The molecule has 0 heterocycles. The van der Waals surface area contributed by atoms with Crippen LogP contribution in [0.15, 0.2) is 24.3 Å². The Morgan fingerprint density at radius 2 is 2.11 bits per heavy atom. The molecule has 0 aromatic heterocycles. The molecule has 2 unspecified atom stereocenters. The standard InChI is InChI=1S/C12H12Cl2N2O3/c13-9-5-12(16(18)19)10(14)4-11(9)15-8-2-1-7(3-8)6-17/h1-2,4-5,7-8,15,17H,3,6H2. The predicted molar refractivity (Wildman–Crippen MR) is 74.9 cm³/mol. The zero-order chi connectivity index (χ0) is 14.0. The Kier molecular flexibility index (Phi) is 4.29. The van der Waals surface area contributed by atoms with Gasteiger partial charge in [-0.15, -0.1) is 0 Å². The fourth-order valence-electron chi connectivity index (χ4n) is 2.00. The molecule has 2 rings (SSSR count). The average Bonchev–Trinajstić information content (AvgIpc) is 2.80. The average molecular weight is 303 g/mol. The zero-order valence-electron chi connectivity index (χ0n) is 9.85. The van der Waals surface area contributed by atoms with E-state index in [1.54, 1.807) is 0 Å². The number of nitro benzene ring substituents is 1. The molecule has 0 saturated carbocycles. The van der Waals surface area contributed by atoms with Crippen LogP contribution in [-0.2, 0) is 0 Å². The number of benzene rings is 1. The molecule has 7 heteroatoms. The van der Waals surface area contributed by atoms with E-state index in [1.165, 1.54) is 12.1 Å². The highest BCUT2D eigenvalue weighted by Crippen LogP contribution is 2.35. The molecule has 0 bridgehead atoms. The van der Waals surface area contributed by atoms with Gasteiger partial charge in [-0.3, -0.25) is 10.1 Å². The summed E-state index contributed by atoms with van der Waals surface area (Å²) in [7, 11) is 0. The summed E-state index contributed by atoms with van der Waals surface area (Å²) < 4.78 is 0. The maximum Gasteiger partial charge on any atom is 0.289 e. The van der Waals surface area contributed by atoms with E-state index in [0.717, 1.165) is 6.42 Å². The smallest absolute Gasteiger partial charge is 0.289 e. The van der Waals surface area contributed by atoms with E-state index in [2.05, 4.69) is 5.32 Å². The number of hydrogen-bond acceptors (Lipinski definition) is 4. The minimum absolute atomic E-state index is 0.0344.